The average Bonchev–Trinajstić information content (AvgIpc) is 3.90. The number of furan rings is 1. The van der Waals surface area contributed by atoms with E-state index in [0.29, 0.717) is 0 Å². The number of nitrogens with zero attached hydrogens (tertiary/aromatic N) is 2. The molecule has 3 aromatic heterocycles. The van der Waals surface area contributed by atoms with Crippen molar-refractivity contribution in [1.29, 1.82) is 0 Å². The molecule has 0 radical (unpaired) electrons. The predicted octanol–water partition coefficient (Wildman–Crippen LogP) is 14.3. The van der Waals surface area contributed by atoms with E-state index in [9.17, 15) is 0 Å². The predicted molar refractivity (Wildman–Crippen MR) is 232 cm³/mol. The van der Waals surface area contributed by atoms with Crippen LogP contribution in [0.25, 0.3) is 120 Å². The number of fused-ring (bicyclic) bond motifs is 10. The normalized spacial score (nSPS) is 12.4. The second kappa shape index (κ2) is 10.6. The van der Waals surface area contributed by atoms with Crippen molar-refractivity contribution in [2.24, 2.45) is 0 Å². The van der Waals surface area contributed by atoms with Gasteiger partial charge in [0.05, 0.1) is 27.8 Å². The molecule has 0 amide bonds. The molecule has 0 saturated heterocycles. The summed E-state index contributed by atoms with van der Waals surface area (Å²) in [6, 6.07) is 66.6. The molecule has 55 heavy (non-hydrogen) atoms. The maximum Gasteiger partial charge on any atom is 0.143 e. The number of hydrogen-bond donors (Lipinski definition) is 0. The van der Waals surface area contributed by atoms with E-state index in [-0.39, 0.29) is 0 Å². The van der Waals surface area contributed by atoms with E-state index in [2.05, 4.69) is 185 Å². The lowest BCUT2D eigenvalue weighted by molar-refractivity contribution is 0.673. The first kappa shape index (κ1) is 29.1. The molecule has 0 aliphatic rings. The monoisotopic (exact) mass is 698 g/mol. The van der Waals surface area contributed by atoms with Gasteiger partial charge in [-0.2, -0.15) is 0 Å². The summed E-state index contributed by atoms with van der Waals surface area (Å²) in [5, 5.41) is 14.7. The Labute approximate surface area is 314 Å². The Morgan fingerprint density at radius 2 is 0.927 bits per heavy atom. The zero-order chi connectivity index (χ0) is 35.8. The van der Waals surface area contributed by atoms with Crippen molar-refractivity contribution in [3.05, 3.63) is 182 Å². The maximum absolute atomic E-state index is 6.53. The van der Waals surface area contributed by atoms with Gasteiger partial charge in [-0.3, -0.25) is 0 Å². The second-order valence-electron chi connectivity index (χ2n) is 14.9. The van der Waals surface area contributed by atoms with Gasteiger partial charge >= 0.3 is 0 Å². The molecular formula is C52H30N2O. The van der Waals surface area contributed by atoms with Gasteiger partial charge in [-0.25, -0.2) is 0 Å². The summed E-state index contributed by atoms with van der Waals surface area (Å²) in [6.45, 7) is 0. The zero-order valence-corrected chi connectivity index (χ0v) is 29.6. The molecule has 3 nitrogen and oxygen atoms in total. The van der Waals surface area contributed by atoms with Crippen molar-refractivity contribution in [2.45, 2.75) is 0 Å². The summed E-state index contributed by atoms with van der Waals surface area (Å²) in [5.74, 6) is 0. The molecule has 254 valence electrons. The van der Waals surface area contributed by atoms with Crippen LogP contribution in [0.1, 0.15) is 0 Å². The van der Waals surface area contributed by atoms with E-state index in [0.717, 1.165) is 27.3 Å². The van der Waals surface area contributed by atoms with Crippen LogP contribution in [0.3, 0.4) is 0 Å². The molecule has 0 bridgehead atoms. The quantitative estimate of drug-likeness (QED) is 0.168. The van der Waals surface area contributed by atoms with Gasteiger partial charge in [0.15, 0.2) is 0 Å². The fourth-order valence-corrected chi connectivity index (χ4v) is 9.66. The molecule has 0 saturated carbocycles. The molecule has 10 aromatic carbocycles. The first-order valence-electron chi connectivity index (χ1n) is 18.9. The first-order valence-corrected chi connectivity index (χ1v) is 18.9. The van der Waals surface area contributed by atoms with Gasteiger partial charge in [-0.15, -0.1) is 0 Å². The fourth-order valence-electron chi connectivity index (χ4n) is 9.66. The SMILES string of the molecule is c1ccc(-n2c3ccccc3c3cc(-c4ccc5c(c4)c4ccccc4n5-c4cc5cc6c7ccccc7oc6c6ccc7cccc4c7c56)ccc32)cc1. The Hall–Kier alpha value is -7.36. The molecule has 3 heterocycles. The van der Waals surface area contributed by atoms with Gasteiger partial charge in [0.25, 0.3) is 0 Å². The molecule has 0 aliphatic heterocycles. The van der Waals surface area contributed by atoms with Crippen LogP contribution in [0, 0.1) is 0 Å². The average molecular weight is 699 g/mol. The van der Waals surface area contributed by atoms with Crippen LogP contribution in [0.2, 0.25) is 0 Å². The zero-order valence-electron chi connectivity index (χ0n) is 29.6. The molecule has 13 aromatic rings. The molecule has 0 fully saturated rings. The van der Waals surface area contributed by atoms with Crippen LogP contribution in [-0.2, 0) is 0 Å². The van der Waals surface area contributed by atoms with E-state index >= 15 is 0 Å². The Morgan fingerprint density at radius 1 is 0.327 bits per heavy atom. The van der Waals surface area contributed by atoms with Gasteiger partial charge in [0.2, 0.25) is 0 Å². The van der Waals surface area contributed by atoms with Crippen molar-refractivity contribution >= 4 is 97.9 Å². The molecule has 0 N–H and O–H groups in total. The Bertz CT molecular complexity index is 3710. The van der Waals surface area contributed by atoms with Crippen LogP contribution >= 0.6 is 0 Å². The lowest BCUT2D eigenvalue weighted by atomic mass is 9.91. The Kier molecular flexibility index (Phi) is 5.63. The third-order valence-electron chi connectivity index (χ3n) is 12.0. The minimum Gasteiger partial charge on any atom is -0.455 e. The van der Waals surface area contributed by atoms with Crippen LogP contribution in [0.4, 0.5) is 0 Å². The number of benzene rings is 10. The van der Waals surface area contributed by atoms with Crippen molar-refractivity contribution < 1.29 is 4.42 Å². The first-order chi connectivity index (χ1) is 27.3. The highest BCUT2D eigenvalue weighted by molar-refractivity contribution is 6.32. The smallest absolute Gasteiger partial charge is 0.143 e. The second-order valence-corrected chi connectivity index (χ2v) is 14.9. The summed E-state index contributed by atoms with van der Waals surface area (Å²) < 4.78 is 11.4. The topological polar surface area (TPSA) is 23.0 Å². The summed E-state index contributed by atoms with van der Waals surface area (Å²) in [6.07, 6.45) is 0. The van der Waals surface area contributed by atoms with E-state index in [1.807, 2.05) is 6.07 Å². The van der Waals surface area contributed by atoms with E-state index in [1.165, 1.54) is 93.0 Å². The van der Waals surface area contributed by atoms with Gasteiger partial charge in [-0.05, 0) is 100 Å². The van der Waals surface area contributed by atoms with Gasteiger partial charge in [0.1, 0.15) is 11.2 Å². The summed E-state index contributed by atoms with van der Waals surface area (Å²) in [5.41, 5.74) is 11.5. The van der Waals surface area contributed by atoms with Gasteiger partial charge in [0, 0.05) is 54.2 Å². The molecule has 0 unspecified atom stereocenters. The minimum absolute atomic E-state index is 0.923. The van der Waals surface area contributed by atoms with E-state index in [1.54, 1.807) is 0 Å². The fraction of sp³-hybridized carbons (Fsp3) is 0. The standard InChI is InChI=1S/C52H30N2O/c1-2-12-35(13-3-1)53-44-18-7-4-14-36(44)41-27-32(22-25-46(41)53)33-23-26-47-42(28-33)37-15-5-8-19-45(37)54(47)48-30-34-29-43-38-16-6-9-20-49(38)55-52(43)40-24-21-31-11-10-17-39(48)50(31)51(34)40/h1-30H. The number of para-hydroxylation sites is 4. The minimum atomic E-state index is 0.923. The van der Waals surface area contributed by atoms with Crippen molar-refractivity contribution in [3.8, 4) is 22.5 Å². The van der Waals surface area contributed by atoms with Gasteiger partial charge in [-0.1, -0.05) is 109 Å². The molecular weight excluding hydrogens is 669 g/mol. The van der Waals surface area contributed by atoms with Gasteiger partial charge < -0.3 is 13.6 Å². The van der Waals surface area contributed by atoms with Crippen molar-refractivity contribution in [2.75, 3.05) is 0 Å². The van der Waals surface area contributed by atoms with E-state index in [4.69, 9.17) is 4.42 Å². The van der Waals surface area contributed by atoms with Crippen LogP contribution in [-0.4, -0.2) is 9.13 Å². The lowest BCUT2D eigenvalue weighted by Crippen LogP contribution is -1.97. The molecule has 13 rings (SSSR count). The van der Waals surface area contributed by atoms with E-state index < -0.39 is 0 Å². The number of aromatic nitrogens is 2. The molecule has 0 spiro atoms. The Morgan fingerprint density at radius 3 is 1.69 bits per heavy atom. The van der Waals surface area contributed by atoms with Crippen LogP contribution in [0.15, 0.2) is 186 Å². The molecule has 0 atom stereocenters. The highest BCUT2D eigenvalue weighted by atomic mass is 16.3. The highest BCUT2D eigenvalue weighted by Gasteiger charge is 2.21. The third-order valence-corrected chi connectivity index (χ3v) is 12.0. The van der Waals surface area contributed by atoms with Crippen molar-refractivity contribution in [1.82, 2.24) is 9.13 Å². The number of rotatable bonds is 3. The molecule has 0 aliphatic carbocycles. The largest absolute Gasteiger partial charge is 0.455 e. The van der Waals surface area contributed by atoms with Crippen LogP contribution < -0.4 is 0 Å². The Balaban J connectivity index is 1.07. The highest BCUT2D eigenvalue weighted by Crippen LogP contribution is 2.45. The lowest BCUT2D eigenvalue weighted by Gasteiger charge is -2.17. The maximum atomic E-state index is 6.53. The molecule has 3 heteroatoms. The van der Waals surface area contributed by atoms with Crippen molar-refractivity contribution in [3.63, 3.8) is 0 Å². The summed E-state index contributed by atoms with van der Waals surface area (Å²) in [4.78, 5) is 0. The third kappa shape index (κ3) is 3.89. The summed E-state index contributed by atoms with van der Waals surface area (Å²) >= 11 is 0. The summed E-state index contributed by atoms with van der Waals surface area (Å²) in [7, 11) is 0. The number of hydrogen-bond acceptors (Lipinski definition) is 1. The van der Waals surface area contributed by atoms with Crippen LogP contribution in [0.5, 0.6) is 0 Å².